The molecule has 0 unspecified atom stereocenters. The molecule has 0 atom stereocenters. The standard InChI is InChI=1S/C8H13BN2O4S/c1-10-14-11-15-16-6-7-3-2-4-8(5-7)9(12)13/h2-5,10-13H,6H2,1H3. The molecular weight excluding hydrogens is 231 g/mol. The van der Waals surface area contributed by atoms with Crippen molar-refractivity contribution in [3.63, 3.8) is 0 Å². The van der Waals surface area contributed by atoms with Gasteiger partial charge in [0.2, 0.25) is 0 Å². The lowest BCUT2D eigenvalue weighted by Gasteiger charge is -2.05. The molecular formula is C8H13BN2O4S. The summed E-state index contributed by atoms with van der Waals surface area (Å²) in [5, 5.41) is 17.9. The molecule has 1 aromatic rings. The Hall–Kier alpha value is -0.605. The summed E-state index contributed by atoms with van der Waals surface area (Å²) in [5.41, 5.74) is 5.95. The third-order valence-corrected chi connectivity index (χ3v) is 2.35. The van der Waals surface area contributed by atoms with Crippen molar-refractivity contribution in [1.29, 1.82) is 0 Å². The third kappa shape index (κ3) is 4.95. The number of benzene rings is 1. The Morgan fingerprint density at radius 3 is 2.94 bits per heavy atom. The number of hydrogen-bond acceptors (Lipinski definition) is 7. The smallest absolute Gasteiger partial charge is 0.423 e. The first-order valence-electron chi connectivity index (χ1n) is 4.55. The predicted molar refractivity (Wildman–Crippen MR) is 61.9 cm³/mol. The van der Waals surface area contributed by atoms with E-state index in [1.165, 1.54) is 0 Å². The van der Waals surface area contributed by atoms with Crippen LogP contribution in [0.2, 0.25) is 0 Å². The summed E-state index contributed by atoms with van der Waals surface area (Å²) < 4.78 is 4.84. The minimum absolute atomic E-state index is 0.456. The van der Waals surface area contributed by atoms with Crippen LogP contribution in [-0.4, -0.2) is 24.2 Å². The number of hydroxylamine groups is 1. The van der Waals surface area contributed by atoms with Crippen LogP contribution in [-0.2, 0) is 15.0 Å². The number of nitrogens with one attached hydrogen (secondary N) is 2. The Balaban J connectivity index is 2.33. The van der Waals surface area contributed by atoms with Gasteiger partial charge >= 0.3 is 7.12 Å². The molecule has 4 N–H and O–H groups in total. The SMILES string of the molecule is CNONOSCc1cccc(B(O)O)c1. The van der Waals surface area contributed by atoms with Gasteiger partial charge in [0, 0.05) is 24.8 Å². The maximum Gasteiger partial charge on any atom is 0.488 e. The molecule has 0 saturated carbocycles. The second kappa shape index (κ2) is 7.63. The van der Waals surface area contributed by atoms with E-state index in [0.29, 0.717) is 11.2 Å². The molecule has 0 bridgehead atoms. The first kappa shape index (κ1) is 13.5. The average Bonchev–Trinajstić information content (AvgIpc) is 2.29. The maximum atomic E-state index is 8.97. The Morgan fingerprint density at radius 2 is 2.25 bits per heavy atom. The molecule has 0 spiro atoms. The van der Waals surface area contributed by atoms with Gasteiger partial charge in [-0.3, -0.25) is 0 Å². The second-order valence-corrected chi connectivity index (χ2v) is 3.54. The number of hydrogen-bond donors (Lipinski definition) is 4. The molecule has 0 amide bonds. The van der Waals surface area contributed by atoms with E-state index >= 15 is 0 Å². The molecule has 0 aliphatic heterocycles. The molecule has 8 heteroatoms. The Kier molecular flexibility index (Phi) is 6.42. The van der Waals surface area contributed by atoms with E-state index in [-0.39, 0.29) is 0 Å². The van der Waals surface area contributed by atoms with Crippen LogP contribution >= 0.6 is 12.0 Å². The molecule has 0 aliphatic rings. The fourth-order valence-electron chi connectivity index (χ4n) is 1.02. The summed E-state index contributed by atoms with van der Waals surface area (Å²) in [5.74, 6) is 0.556. The molecule has 0 radical (unpaired) electrons. The van der Waals surface area contributed by atoms with Gasteiger partial charge in [-0.1, -0.05) is 24.3 Å². The fraction of sp³-hybridized carbons (Fsp3) is 0.250. The van der Waals surface area contributed by atoms with Crippen LogP contribution in [0.15, 0.2) is 24.3 Å². The molecule has 0 saturated heterocycles. The lowest BCUT2D eigenvalue weighted by atomic mass is 9.80. The van der Waals surface area contributed by atoms with Crippen molar-refractivity contribution in [2.75, 3.05) is 7.05 Å². The van der Waals surface area contributed by atoms with E-state index in [2.05, 4.69) is 16.1 Å². The first-order valence-corrected chi connectivity index (χ1v) is 5.46. The maximum absolute atomic E-state index is 8.97. The molecule has 16 heavy (non-hydrogen) atoms. The Labute approximate surface area is 98.2 Å². The molecule has 1 rings (SSSR count). The fourth-order valence-corrected chi connectivity index (χ4v) is 1.48. The van der Waals surface area contributed by atoms with Crippen molar-refractivity contribution < 1.29 is 19.3 Å². The van der Waals surface area contributed by atoms with Gasteiger partial charge in [0.1, 0.15) is 0 Å². The molecule has 0 aromatic heterocycles. The van der Waals surface area contributed by atoms with Gasteiger partial charge in [-0.25, -0.2) is 4.28 Å². The highest BCUT2D eigenvalue weighted by molar-refractivity contribution is 7.93. The van der Waals surface area contributed by atoms with E-state index in [1.807, 2.05) is 6.07 Å². The molecule has 0 fully saturated rings. The zero-order chi connectivity index (χ0) is 11.8. The van der Waals surface area contributed by atoms with Crippen LogP contribution in [0.4, 0.5) is 0 Å². The summed E-state index contributed by atoms with van der Waals surface area (Å²) in [6.07, 6.45) is 0. The van der Waals surface area contributed by atoms with Crippen molar-refractivity contribution in [2.45, 2.75) is 5.75 Å². The summed E-state index contributed by atoms with van der Waals surface area (Å²) in [6.45, 7) is 0. The Bertz CT molecular complexity index is 316. The van der Waals surface area contributed by atoms with Gasteiger partial charge in [-0.2, -0.15) is 10.4 Å². The van der Waals surface area contributed by atoms with Crippen molar-refractivity contribution in [1.82, 2.24) is 11.1 Å². The quantitative estimate of drug-likeness (QED) is 0.214. The van der Waals surface area contributed by atoms with E-state index in [9.17, 15) is 0 Å². The van der Waals surface area contributed by atoms with Crippen LogP contribution in [0, 0.1) is 0 Å². The van der Waals surface area contributed by atoms with Crippen LogP contribution in [0.3, 0.4) is 0 Å². The van der Waals surface area contributed by atoms with Gasteiger partial charge < -0.3 is 10.0 Å². The van der Waals surface area contributed by atoms with Crippen molar-refractivity contribution in [3.8, 4) is 0 Å². The van der Waals surface area contributed by atoms with Gasteiger partial charge in [0.05, 0.1) is 0 Å². The van der Waals surface area contributed by atoms with Crippen molar-refractivity contribution in [3.05, 3.63) is 29.8 Å². The predicted octanol–water partition coefficient (Wildman–Crippen LogP) is -0.898. The van der Waals surface area contributed by atoms with Crippen molar-refractivity contribution >= 4 is 24.6 Å². The third-order valence-electron chi connectivity index (χ3n) is 1.71. The monoisotopic (exact) mass is 244 g/mol. The van der Waals surface area contributed by atoms with E-state index in [4.69, 9.17) is 14.3 Å². The van der Waals surface area contributed by atoms with Gasteiger partial charge in [0.25, 0.3) is 0 Å². The molecule has 6 nitrogen and oxygen atoms in total. The minimum atomic E-state index is -1.45. The molecule has 0 heterocycles. The summed E-state index contributed by atoms with van der Waals surface area (Å²) >= 11 is 1.13. The largest absolute Gasteiger partial charge is 0.488 e. The normalized spacial score (nSPS) is 10.4. The molecule has 1 aromatic carbocycles. The van der Waals surface area contributed by atoms with E-state index < -0.39 is 7.12 Å². The summed E-state index contributed by atoms with van der Waals surface area (Å²) in [4.78, 5) is 4.51. The van der Waals surface area contributed by atoms with E-state index in [1.54, 1.807) is 25.2 Å². The number of rotatable bonds is 7. The Morgan fingerprint density at radius 1 is 1.44 bits per heavy atom. The van der Waals surface area contributed by atoms with Crippen LogP contribution in [0.25, 0.3) is 0 Å². The lowest BCUT2D eigenvalue weighted by Crippen LogP contribution is -2.29. The minimum Gasteiger partial charge on any atom is -0.423 e. The highest BCUT2D eigenvalue weighted by atomic mass is 32.2. The van der Waals surface area contributed by atoms with Gasteiger partial charge in [-0.05, 0) is 16.7 Å². The van der Waals surface area contributed by atoms with Crippen LogP contribution in [0.5, 0.6) is 0 Å². The highest BCUT2D eigenvalue weighted by Gasteiger charge is 2.10. The van der Waals surface area contributed by atoms with Crippen LogP contribution < -0.4 is 16.6 Å². The van der Waals surface area contributed by atoms with Gasteiger partial charge in [-0.15, -0.1) is 0 Å². The topological polar surface area (TPSA) is 83.0 Å². The molecule has 88 valence electrons. The second-order valence-electron chi connectivity index (χ2n) is 2.85. The van der Waals surface area contributed by atoms with Crippen molar-refractivity contribution in [2.24, 2.45) is 0 Å². The summed E-state index contributed by atoms with van der Waals surface area (Å²) in [6, 6.07) is 6.95. The zero-order valence-electron chi connectivity index (χ0n) is 8.71. The summed E-state index contributed by atoms with van der Waals surface area (Å²) in [7, 11) is 0.143. The molecule has 0 aliphatic carbocycles. The zero-order valence-corrected chi connectivity index (χ0v) is 9.53. The average molecular weight is 244 g/mol. The van der Waals surface area contributed by atoms with Gasteiger partial charge in [0.15, 0.2) is 0 Å². The lowest BCUT2D eigenvalue weighted by molar-refractivity contribution is -0.140. The first-order chi connectivity index (χ1) is 7.74. The van der Waals surface area contributed by atoms with E-state index in [0.717, 1.165) is 17.6 Å². The highest BCUT2D eigenvalue weighted by Crippen LogP contribution is 2.10. The van der Waals surface area contributed by atoms with Crippen LogP contribution in [0.1, 0.15) is 5.56 Å².